The molecule has 0 amide bonds. The zero-order chi connectivity index (χ0) is 25.6. The highest BCUT2D eigenvalue weighted by Crippen LogP contribution is 2.50. The van der Waals surface area contributed by atoms with Gasteiger partial charge in [0.15, 0.2) is 0 Å². The van der Waals surface area contributed by atoms with Crippen LogP contribution in [0.5, 0.6) is 0 Å². The molecule has 1 aliphatic heterocycles. The van der Waals surface area contributed by atoms with Gasteiger partial charge in [0.05, 0.1) is 11.4 Å². The Morgan fingerprint density at radius 1 is 0.763 bits per heavy atom. The van der Waals surface area contributed by atoms with Gasteiger partial charge in [-0.3, -0.25) is 4.79 Å². The lowest BCUT2D eigenvalue weighted by Gasteiger charge is -2.25. The summed E-state index contributed by atoms with van der Waals surface area (Å²) in [4.78, 5) is 19.5. The molecule has 0 spiro atoms. The molecule has 1 aromatic heterocycles. The Hall–Kier alpha value is -4.54. The third-order valence-corrected chi connectivity index (χ3v) is 8.58. The van der Waals surface area contributed by atoms with Crippen LogP contribution in [0.15, 0.2) is 120 Å². The summed E-state index contributed by atoms with van der Waals surface area (Å²) in [5, 5.41) is 5.37. The molecule has 0 saturated heterocycles. The largest absolute Gasteiger partial charge is 0.397 e. The van der Waals surface area contributed by atoms with E-state index in [1.54, 1.807) is 0 Å². The molecule has 0 bridgehead atoms. The molecule has 182 valence electrons. The maximum Gasteiger partial charge on any atom is 0.205 e. The van der Waals surface area contributed by atoms with Crippen molar-refractivity contribution in [2.75, 3.05) is 5.73 Å². The van der Waals surface area contributed by atoms with Crippen LogP contribution in [-0.2, 0) is 0 Å². The second-order valence-electron chi connectivity index (χ2n) is 9.70. The third-order valence-electron chi connectivity index (χ3n) is 7.47. The first-order valence-electron chi connectivity index (χ1n) is 12.7. The Morgan fingerprint density at radius 2 is 1.47 bits per heavy atom. The van der Waals surface area contributed by atoms with Crippen molar-refractivity contribution in [1.82, 2.24) is 0 Å². The first-order valence-corrected chi connectivity index (χ1v) is 13.6. The fourth-order valence-electron chi connectivity index (χ4n) is 5.59. The SMILES string of the molecule is Nc1c(C(=O)c2ccc3ccccc3c2)sc2c1[C@H](c1cccc3ccccc13)CC(c1ccccc1)=N2. The van der Waals surface area contributed by atoms with Crippen molar-refractivity contribution in [2.45, 2.75) is 12.3 Å². The zero-order valence-corrected chi connectivity index (χ0v) is 21.4. The number of ketones is 1. The van der Waals surface area contributed by atoms with Crippen molar-refractivity contribution in [3.63, 3.8) is 0 Å². The van der Waals surface area contributed by atoms with Gasteiger partial charge < -0.3 is 5.73 Å². The van der Waals surface area contributed by atoms with Crippen molar-refractivity contribution >= 4 is 55.1 Å². The normalized spacial score (nSPS) is 14.8. The minimum Gasteiger partial charge on any atom is -0.397 e. The number of hydrogen-bond donors (Lipinski definition) is 1. The molecule has 6 aromatic rings. The number of thiophene rings is 1. The zero-order valence-electron chi connectivity index (χ0n) is 20.6. The molecule has 0 radical (unpaired) electrons. The number of rotatable bonds is 4. The molecule has 0 fully saturated rings. The monoisotopic (exact) mass is 508 g/mol. The summed E-state index contributed by atoms with van der Waals surface area (Å²) in [6.07, 6.45) is 0.718. The minimum atomic E-state index is -0.0548. The average Bonchev–Trinajstić information content (AvgIpc) is 3.32. The van der Waals surface area contributed by atoms with Crippen molar-refractivity contribution in [1.29, 1.82) is 0 Å². The number of nitrogen functional groups attached to an aromatic ring is 1. The van der Waals surface area contributed by atoms with Crippen LogP contribution in [0.25, 0.3) is 21.5 Å². The van der Waals surface area contributed by atoms with E-state index in [-0.39, 0.29) is 11.7 Å². The quantitative estimate of drug-likeness (QED) is 0.243. The highest BCUT2D eigenvalue weighted by molar-refractivity contribution is 7.18. The van der Waals surface area contributed by atoms with Gasteiger partial charge in [-0.15, -0.1) is 11.3 Å². The number of hydrogen-bond acceptors (Lipinski definition) is 4. The maximum absolute atomic E-state index is 13.8. The van der Waals surface area contributed by atoms with Gasteiger partial charge >= 0.3 is 0 Å². The number of fused-ring (bicyclic) bond motifs is 3. The Balaban J connectivity index is 1.41. The van der Waals surface area contributed by atoms with E-state index >= 15 is 0 Å². The molecule has 1 aliphatic rings. The van der Waals surface area contributed by atoms with Crippen molar-refractivity contribution in [3.05, 3.63) is 142 Å². The highest BCUT2D eigenvalue weighted by Gasteiger charge is 2.33. The van der Waals surface area contributed by atoms with Gasteiger partial charge in [0, 0.05) is 23.5 Å². The number of nitrogens with zero attached hydrogens (tertiary/aromatic N) is 1. The van der Waals surface area contributed by atoms with Gasteiger partial charge in [0.1, 0.15) is 9.88 Å². The van der Waals surface area contributed by atoms with E-state index in [4.69, 9.17) is 10.7 Å². The van der Waals surface area contributed by atoms with E-state index in [9.17, 15) is 4.79 Å². The molecule has 5 aromatic carbocycles. The van der Waals surface area contributed by atoms with Crippen molar-refractivity contribution in [3.8, 4) is 0 Å². The van der Waals surface area contributed by atoms with Gasteiger partial charge in [-0.1, -0.05) is 109 Å². The summed E-state index contributed by atoms with van der Waals surface area (Å²) in [5.74, 6) is -0.0565. The number of carbonyl (C=O) groups is 1. The van der Waals surface area contributed by atoms with Crippen LogP contribution in [0.1, 0.15) is 44.3 Å². The first-order chi connectivity index (χ1) is 18.7. The van der Waals surface area contributed by atoms with E-state index in [0.29, 0.717) is 16.1 Å². The van der Waals surface area contributed by atoms with E-state index in [0.717, 1.165) is 39.0 Å². The fraction of sp³-hybridized carbons (Fsp3) is 0.0588. The summed E-state index contributed by atoms with van der Waals surface area (Å²) < 4.78 is 0. The molecular weight excluding hydrogens is 484 g/mol. The van der Waals surface area contributed by atoms with Crippen LogP contribution < -0.4 is 5.73 Å². The van der Waals surface area contributed by atoms with Gasteiger partial charge in [-0.05, 0) is 38.7 Å². The highest BCUT2D eigenvalue weighted by atomic mass is 32.1. The lowest BCUT2D eigenvalue weighted by Crippen LogP contribution is -2.15. The summed E-state index contributed by atoms with van der Waals surface area (Å²) in [6, 6.07) is 39.1. The molecule has 4 heteroatoms. The van der Waals surface area contributed by atoms with Gasteiger partial charge in [-0.25, -0.2) is 4.99 Å². The van der Waals surface area contributed by atoms with Gasteiger partial charge in [-0.2, -0.15) is 0 Å². The lowest BCUT2D eigenvalue weighted by atomic mass is 9.81. The van der Waals surface area contributed by atoms with Crippen LogP contribution in [0, 0.1) is 0 Å². The molecule has 2 heterocycles. The topological polar surface area (TPSA) is 55.5 Å². The standard InChI is InChI=1S/C34H24N2OS/c35-31-30-28(27-16-8-14-22-10-6-7-15-26(22)27)20-29(23-11-2-1-3-12-23)36-34(30)38-33(31)32(37)25-18-17-21-9-4-5-13-24(21)19-25/h1-19,28H,20,35H2/t28-/m0/s1. The Kier molecular flexibility index (Phi) is 5.41. The van der Waals surface area contributed by atoms with Crippen LogP contribution in [0.3, 0.4) is 0 Å². The Bertz CT molecular complexity index is 1880. The molecule has 0 aliphatic carbocycles. The number of aliphatic imine (C=N–C) groups is 1. The third kappa shape index (κ3) is 3.73. The van der Waals surface area contributed by atoms with E-state index in [1.165, 1.54) is 27.7 Å². The van der Waals surface area contributed by atoms with Crippen LogP contribution in [-0.4, -0.2) is 11.5 Å². The summed E-state index contributed by atoms with van der Waals surface area (Å²) in [5.41, 5.74) is 12.3. The molecular formula is C34H24N2OS. The molecule has 38 heavy (non-hydrogen) atoms. The molecule has 3 nitrogen and oxygen atoms in total. The number of carbonyl (C=O) groups excluding carboxylic acids is 1. The van der Waals surface area contributed by atoms with Crippen molar-refractivity contribution < 1.29 is 4.79 Å². The molecule has 7 rings (SSSR count). The van der Waals surface area contributed by atoms with Crippen molar-refractivity contribution in [2.24, 2.45) is 4.99 Å². The molecule has 2 N–H and O–H groups in total. The Labute approximate surface area is 224 Å². The average molecular weight is 509 g/mol. The van der Waals surface area contributed by atoms with Gasteiger partial charge in [0.2, 0.25) is 5.78 Å². The number of benzene rings is 5. The minimum absolute atomic E-state index is 0.00166. The summed E-state index contributed by atoms with van der Waals surface area (Å²) in [6.45, 7) is 0. The molecule has 0 saturated carbocycles. The maximum atomic E-state index is 13.8. The van der Waals surface area contributed by atoms with Gasteiger partial charge in [0.25, 0.3) is 0 Å². The first kappa shape index (κ1) is 22.6. The summed E-state index contributed by atoms with van der Waals surface area (Å²) in [7, 11) is 0. The summed E-state index contributed by atoms with van der Waals surface area (Å²) >= 11 is 1.41. The molecule has 1 atom stereocenters. The van der Waals surface area contributed by atoms with E-state index < -0.39 is 0 Å². The second-order valence-corrected chi connectivity index (χ2v) is 10.7. The van der Waals surface area contributed by atoms with E-state index in [2.05, 4.69) is 60.7 Å². The predicted molar refractivity (Wildman–Crippen MR) is 159 cm³/mol. The van der Waals surface area contributed by atoms with Crippen LogP contribution in [0.2, 0.25) is 0 Å². The van der Waals surface area contributed by atoms with Crippen LogP contribution in [0.4, 0.5) is 10.7 Å². The fourth-order valence-corrected chi connectivity index (χ4v) is 6.73. The smallest absolute Gasteiger partial charge is 0.205 e. The van der Waals surface area contributed by atoms with Crippen LogP contribution >= 0.6 is 11.3 Å². The lowest BCUT2D eigenvalue weighted by molar-refractivity contribution is 0.104. The number of nitrogens with two attached hydrogens (primary N) is 1. The van der Waals surface area contributed by atoms with E-state index in [1.807, 2.05) is 54.6 Å². The second kappa shape index (κ2) is 9.09. The molecule has 0 unspecified atom stereocenters. The number of anilines is 1. The predicted octanol–water partition coefficient (Wildman–Crippen LogP) is 8.52. The Morgan fingerprint density at radius 3 is 2.32 bits per heavy atom.